The lowest BCUT2D eigenvalue weighted by Gasteiger charge is -1.98. The second-order valence-electron chi connectivity index (χ2n) is 3.94. The molecule has 2 heterocycles. The molecule has 0 aliphatic heterocycles. The molecule has 0 N–H and O–H groups in total. The van der Waals surface area contributed by atoms with E-state index < -0.39 is 16.6 Å². The average molecular weight is 292 g/mol. The molecule has 1 aromatic carbocycles. The summed E-state index contributed by atoms with van der Waals surface area (Å²) < 4.78 is 35.2. The lowest BCUT2D eigenvalue weighted by molar-refractivity contribution is 0.389. The zero-order valence-electron chi connectivity index (χ0n) is 10.2. The summed E-state index contributed by atoms with van der Waals surface area (Å²) in [6.07, 6.45) is 1.50. The number of rotatable bonds is 4. The summed E-state index contributed by atoms with van der Waals surface area (Å²) in [4.78, 5) is 4.46. The van der Waals surface area contributed by atoms with Crippen LogP contribution >= 0.6 is 0 Å². The third-order valence-corrected chi connectivity index (χ3v) is 3.81. The van der Waals surface area contributed by atoms with Crippen molar-refractivity contribution < 1.29 is 17.5 Å². The molecule has 1 atom stereocenters. The van der Waals surface area contributed by atoms with E-state index in [0.29, 0.717) is 16.5 Å². The first-order chi connectivity index (χ1) is 9.72. The Kier molecular flexibility index (Phi) is 3.42. The predicted molar refractivity (Wildman–Crippen MR) is 68.5 cm³/mol. The number of benzene rings is 1. The molecule has 5 nitrogen and oxygen atoms in total. The minimum Gasteiger partial charge on any atom is -0.461 e. The third-order valence-electron chi connectivity index (χ3n) is 2.52. The summed E-state index contributed by atoms with van der Waals surface area (Å²) in [6.45, 7) is 0. The minimum absolute atomic E-state index is 0.0250. The molecule has 0 radical (unpaired) electrons. The van der Waals surface area contributed by atoms with Crippen LogP contribution in [0.25, 0.3) is 11.6 Å². The first-order valence-electron chi connectivity index (χ1n) is 5.73. The monoisotopic (exact) mass is 292 g/mol. The number of nitrogens with zero attached hydrogens (tertiary/aromatic N) is 2. The molecular weight excluding hydrogens is 283 g/mol. The number of halogens is 1. The van der Waals surface area contributed by atoms with Gasteiger partial charge in [0, 0.05) is 4.90 Å². The first-order valence-corrected chi connectivity index (χ1v) is 7.04. The highest BCUT2D eigenvalue weighted by molar-refractivity contribution is 7.84. The van der Waals surface area contributed by atoms with E-state index >= 15 is 0 Å². The Hall–Kier alpha value is -2.28. The second kappa shape index (κ2) is 5.38. The van der Waals surface area contributed by atoms with Gasteiger partial charge in [0.2, 0.25) is 11.7 Å². The first kappa shape index (κ1) is 12.7. The SMILES string of the molecule is O=[S@@](Cc1nc(-c2ccco2)no1)c1cccc(F)c1. The summed E-state index contributed by atoms with van der Waals surface area (Å²) in [5.41, 5.74) is 0. The lowest BCUT2D eigenvalue weighted by Crippen LogP contribution is -1.97. The maximum Gasteiger partial charge on any atom is 0.240 e. The maximum absolute atomic E-state index is 13.1. The van der Waals surface area contributed by atoms with E-state index in [1.807, 2.05) is 0 Å². The van der Waals surface area contributed by atoms with Crippen LogP contribution in [0.5, 0.6) is 0 Å². The molecule has 2 aromatic heterocycles. The molecule has 0 spiro atoms. The van der Waals surface area contributed by atoms with E-state index in [0.717, 1.165) is 0 Å². The predicted octanol–water partition coefficient (Wildman–Crippen LogP) is 2.78. The van der Waals surface area contributed by atoms with Crippen LogP contribution in [-0.4, -0.2) is 14.3 Å². The van der Waals surface area contributed by atoms with E-state index in [1.165, 1.54) is 24.5 Å². The van der Waals surface area contributed by atoms with Gasteiger partial charge in [-0.25, -0.2) is 4.39 Å². The highest BCUT2D eigenvalue weighted by Crippen LogP contribution is 2.18. The molecule has 0 fully saturated rings. The minimum atomic E-state index is -1.44. The van der Waals surface area contributed by atoms with Crippen LogP contribution in [0.15, 0.2) is 56.5 Å². The fourth-order valence-corrected chi connectivity index (χ4v) is 2.61. The largest absolute Gasteiger partial charge is 0.461 e. The van der Waals surface area contributed by atoms with Crippen molar-refractivity contribution in [2.24, 2.45) is 0 Å². The van der Waals surface area contributed by atoms with Crippen molar-refractivity contribution in [3.63, 3.8) is 0 Å². The molecule has 0 saturated heterocycles. The van der Waals surface area contributed by atoms with Gasteiger partial charge in [0.1, 0.15) is 11.6 Å². The highest BCUT2D eigenvalue weighted by Gasteiger charge is 2.14. The Labute approximate surface area is 115 Å². The smallest absolute Gasteiger partial charge is 0.240 e. The van der Waals surface area contributed by atoms with Crippen molar-refractivity contribution in [2.45, 2.75) is 10.6 Å². The maximum atomic E-state index is 13.1. The summed E-state index contributed by atoms with van der Waals surface area (Å²) in [6, 6.07) is 9.00. The molecule has 20 heavy (non-hydrogen) atoms. The lowest BCUT2D eigenvalue weighted by atomic mass is 10.4. The Morgan fingerprint density at radius 2 is 2.15 bits per heavy atom. The normalized spacial score (nSPS) is 12.4. The Morgan fingerprint density at radius 1 is 1.25 bits per heavy atom. The Bertz CT molecular complexity index is 740. The molecular formula is C13H9FN2O3S. The molecule has 0 aliphatic rings. The topological polar surface area (TPSA) is 69.1 Å². The molecule has 3 aromatic rings. The van der Waals surface area contributed by atoms with Gasteiger partial charge >= 0.3 is 0 Å². The van der Waals surface area contributed by atoms with E-state index in [1.54, 1.807) is 18.2 Å². The molecule has 0 amide bonds. The summed E-state index contributed by atoms with van der Waals surface area (Å²) in [7, 11) is -1.44. The molecule has 0 saturated carbocycles. The third kappa shape index (κ3) is 2.67. The Balaban J connectivity index is 1.77. The number of hydrogen-bond acceptors (Lipinski definition) is 5. The fraction of sp³-hybridized carbons (Fsp3) is 0.0769. The molecule has 102 valence electrons. The van der Waals surface area contributed by atoms with Gasteiger partial charge in [-0.15, -0.1) is 0 Å². The summed E-state index contributed by atoms with van der Waals surface area (Å²) in [5, 5.41) is 3.73. The molecule has 0 unspecified atom stereocenters. The molecule has 0 bridgehead atoms. The van der Waals surface area contributed by atoms with E-state index in [-0.39, 0.29) is 11.6 Å². The van der Waals surface area contributed by atoms with Crippen molar-refractivity contribution in [2.75, 3.05) is 0 Å². The van der Waals surface area contributed by atoms with Crippen molar-refractivity contribution in [3.05, 3.63) is 54.4 Å². The number of aromatic nitrogens is 2. The van der Waals surface area contributed by atoms with Gasteiger partial charge in [-0.2, -0.15) is 4.98 Å². The summed E-state index contributed by atoms with van der Waals surface area (Å²) in [5.74, 6) is 0.561. The van der Waals surface area contributed by atoms with Crippen molar-refractivity contribution in [1.82, 2.24) is 10.1 Å². The summed E-state index contributed by atoms with van der Waals surface area (Å²) >= 11 is 0. The molecule has 7 heteroatoms. The van der Waals surface area contributed by atoms with Gasteiger partial charge in [-0.3, -0.25) is 4.21 Å². The van der Waals surface area contributed by atoms with Crippen LogP contribution in [0.4, 0.5) is 4.39 Å². The van der Waals surface area contributed by atoms with Crippen LogP contribution in [-0.2, 0) is 16.6 Å². The average Bonchev–Trinajstić information content (AvgIpc) is 3.08. The van der Waals surface area contributed by atoms with Crippen LogP contribution < -0.4 is 0 Å². The van der Waals surface area contributed by atoms with Crippen LogP contribution in [0.1, 0.15) is 5.89 Å². The van der Waals surface area contributed by atoms with Gasteiger partial charge in [0.25, 0.3) is 0 Å². The quantitative estimate of drug-likeness (QED) is 0.739. The standard InChI is InChI=1S/C13H9FN2O3S/c14-9-3-1-4-10(7-9)20(17)8-12-15-13(16-19-12)11-5-2-6-18-11/h1-7H,8H2/t20-/m0/s1. The van der Waals surface area contributed by atoms with Gasteiger partial charge in [-0.05, 0) is 30.3 Å². The zero-order valence-corrected chi connectivity index (χ0v) is 11.0. The van der Waals surface area contributed by atoms with Crippen LogP contribution in [0.2, 0.25) is 0 Å². The van der Waals surface area contributed by atoms with Gasteiger partial charge in [0.05, 0.1) is 17.1 Å². The fourth-order valence-electron chi connectivity index (χ4n) is 1.62. The number of furan rings is 1. The van der Waals surface area contributed by atoms with Gasteiger partial charge in [0.15, 0.2) is 5.76 Å². The second-order valence-corrected chi connectivity index (χ2v) is 5.39. The van der Waals surface area contributed by atoms with E-state index in [4.69, 9.17) is 8.94 Å². The zero-order chi connectivity index (χ0) is 13.9. The van der Waals surface area contributed by atoms with Crippen molar-refractivity contribution in [3.8, 4) is 11.6 Å². The van der Waals surface area contributed by atoms with Gasteiger partial charge in [-0.1, -0.05) is 11.2 Å². The van der Waals surface area contributed by atoms with Crippen LogP contribution in [0, 0.1) is 5.82 Å². The van der Waals surface area contributed by atoms with Crippen molar-refractivity contribution >= 4 is 10.8 Å². The van der Waals surface area contributed by atoms with Gasteiger partial charge < -0.3 is 8.94 Å². The van der Waals surface area contributed by atoms with E-state index in [2.05, 4.69) is 10.1 Å². The Morgan fingerprint density at radius 3 is 2.90 bits per heavy atom. The van der Waals surface area contributed by atoms with E-state index in [9.17, 15) is 8.60 Å². The highest BCUT2D eigenvalue weighted by atomic mass is 32.2. The molecule has 0 aliphatic carbocycles. The van der Waals surface area contributed by atoms with Crippen LogP contribution in [0.3, 0.4) is 0 Å². The number of hydrogen-bond donors (Lipinski definition) is 0. The van der Waals surface area contributed by atoms with Crippen molar-refractivity contribution in [1.29, 1.82) is 0 Å². The molecule has 3 rings (SSSR count).